The predicted octanol–water partition coefficient (Wildman–Crippen LogP) is 3.49. The minimum absolute atomic E-state index is 0.00607. The molecule has 25 heavy (non-hydrogen) atoms. The Hall–Kier alpha value is -2.53. The van der Waals surface area contributed by atoms with Gasteiger partial charge in [0.25, 0.3) is 0 Å². The SMILES string of the molecule is Cc1ccc(CNC(=O)Cc2csc(CCc3ccncc3)n2)cc1. The monoisotopic (exact) mass is 351 g/mol. The molecule has 0 saturated carbocycles. The van der Waals surface area contributed by atoms with Crippen LogP contribution in [0.1, 0.15) is 27.4 Å². The van der Waals surface area contributed by atoms with Crippen LogP contribution in [0.15, 0.2) is 54.2 Å². The van der Waals surface area contributed by atoms with Crippen molar-refractivity contribution in [2.24, 2.45) is 0 Å². The van der Waals surface area contributed by atoms with E-state index in [-0.39, 0.29) is 5.91 Å². The minimum Gasteiger partial charge on any atom is -0.352 e. The zero-order chi connectivity index (χ0) is 17.5. The predicted molar refractivity (Wildman–Crippen MR) is 100 cm³/mol. The molecule has 4 nitrogen and oxygen atoms in total. The van der Waals surface area contributed by atoms with E-state index in [0.29, 0.717) is 13.0 Å². The van der Waals surface area contributed by atoms with Crippen LogP contribution in [0.3, 0.4) is 0 Å². The van der Waals surface area contributed by atoms with Crippen LogP contribution >= 0.6 is 11.3 Å². The summed E-state index contributed by atoms with van der Waals surface area (Å²) in [5.74, 6) is 0.00607. The number of rotatable bonds is 7. The van der Waals surface area contributed by atoms with Gasteiger partial charge in [0.2, 0.25) is 5.91 Å². The quantitative estimate of drug-likeness (QED) is 0.709. The zero-order valence-electron chi connectivity index (χ0n) is 14.2. The van der Waals surface area contributed by atoms with Crippen LogP contribution in [-0.4, -0.2) is 15.9 Å². The number of carbonyl (C=O) groups excluding carboxylic acids is 1. The van der Waals surface area contributed by atoms with E-state index in [4.69, 9.17) is 0 Å². The van der Waals surface area contributed by atoms with Gasteiger partial charge in [-0.2, -0.15) is 0 Å². The van der Waals surface area contributed by atoms with E-state index in [2.05, 4.69) is 34.3 Å². The lowest BCUT2D eigenvalue weighted by Crippen LogP contribution is -2.24. The Morgan fingerprint density at radius 2 is 1.80 bits per heavy atom. The van der Waals surface area contributed by atoms with E-state index in [0.717, 1.165) is 29.1 Å². The average Bonchev–Trinajstić information content (AvgIpc) is 3.08. The first kappa shape index (κ1) is 17.3. The fourth-order valence-corrected chi connectivity index (χ4v) is 3.28. The van der Waals surface area contributed by atoms with Crippen molar-refractivity contribution >= 4 is 17.2 Å². The molecule has 2 aromatic heterocycles. The summed E-state index contributed by atoms with van der Waals surface area (Å²) in [5.41, 5.74) is 4.42. The van der Waals surface area contributed by atoms with Gasteiger partial charge in [-0.1, -0.05) is 29.8 Å². The van der Waals surface area contributed by atoms with Crippen LogP contribution < -0.4 is 5.32 Å². The molecule has 128 valence electrons. The van der Waals surface area contributed by atoms with Crippen LogP contribution in [0.5, 0.6) is 0 Å². The number of aryl methyl sites for hydroxylation is 3. The second-order valence-corrected chi connectivity index (χ2v) is 6.97. The standard InChI is InChI=1S/C20H21N3OS/c1-15-2-4-17(5-3-15)13-22-19(24)12-18-14-25-20(23-18)7-6-16-8-10-21-11-9-16/h2-5,8-11,14H,6-7,12-13H2,1H3,(H,22,24). The third-order valence-electron chi connectivity index (χ3n) is 3.93. The van der Waals surface area contributed by atoms with Gasteiger partial charge in [-0.15, -0.1) is 11.3 Å². The molecule has 3 rings (SSSR count). The summed E-state index contributed by atoms with van der Waals surface area (Å²) in [6, 6.07) is 12.2. The molecule has 0 aliphatic carbocycles. The highest BCUT2D eigenvalue weighted by Crippen LogP contribution is 2.13. The fraction of sp³-hybridized carbons (Fsp3) is 0.250. The van der Waals surface area contributed by atoms with Crippen molar-refractivity contribution in [2.75, 3.05) is 0 Å². The minimum atomic E-state index is 0.00607. The molecule has 0 atom stereocenters. The maximum Gasteiger partial charge on any atom is 0.226 e. The molecule has 1 aromatic carbocycles. The van der Waals surface area contributed by atoms with E-state index < -0.39 is 0 Å². The highest BCUT2D eigenvalue weighted by molar-refractivity contribution is 7.09. The number of thiazole rings is 1. The fourth-order valence-electron chi connectivity index (χ4n) is 2.48. The van der Waals surface area contributed by atoms with Crippen molar-refractivity contribution in [3.63, 3.8) is 0 Å². The van der Waals surface area contributed by atoms with E-state index in [1.165, 1.54) is 11.1 Å². The van der Waals surface area contributed by atoms with Gasteiger partial charge < -0.3 is 5.32 Å². The van der Waals surface area contributed by atoms with Gasteiger partial charge in [0.05, 0.1) is 17.1 Å². The van der Waals surface area contributed by atoms with E-state index in [9.17, 15) is 4.79 Å². The van der Waals surface area contributed by atoms with Crippen LogP contribution in [0.25, 0.3) is 0 Å². The van der Waals surface area contributed by atoms with Gasteiger partial charge in [-0.3, -0.25) is 9.78 Å². The van der Waals surface area contributed by atoms with Gasteiger partial charge in [-0.25, -0.2) is 4.98 Å². The molecular formula is C20H21N3OS. The molecule has 0 aliphatic rings. The summed E-state index contributed by atoms with van der Waals surface area (Å²) >= 11 is 1.62. The summed E-state index contributed by atoms with van der Waals surface area (Å²) in [6.45, 7) is 2.61. The van der Waals surface area contributed by atoms with Crippen LogP contribution in [0.4, 0.5) is 0 Å². The lowest BCUT2D eigenvalue weighted by molar-refractivity contribution is -0.120. The summed E-state index contributed by atoms with van der Waals surface area (Å²) in [6.07, 6.45) is 5.77. The Labute approximate surface area is 152 Å². The molecule has 0 spiro atoms. The van der Waals surface area contributed by atoms with Crippen LogP contribution in [0, 0.1) is 6.92 Å². The lowest BCUT2D eigenvalue weighted by Gasteiger charge is -2.04. The van der Waals surface area contributed by atoms with Crippen molar-refractivity contribution in [2.45, 2.75) is 32.7 Å². The number of pyridine rings is 1. The largest absolute Gasteiger partial charge is 0.352 e. The molecule has 0 fully saturated rings. The third kappa shape index (κ3) is 5.50. The van der Waals surface area contributed by atoms with Crippen LogP contribution in [0.2, 0.25) is 0 Å². The molecule has 3 aromatic rings. The highest BCUT2D eigenvalue weighted by atomic mass is 32.1. The number of nitrogens with zero attached hydrogens (tertiary/aromatic N) is 2. The molecule has 0 aliphatic heterocycles. The Morgan fingerprint density at radius 3 is 2.56 bits per heavy atom. The van der Waals surface area contributed by atoms with Gasteiger partial charge in [-0.05, 0) is 36.6 Å². The first-order valence-corrected chi connectivity index (χ1v) is 9.21. The van der Waals surface area contributed by atoms with Crippen molar-refractivity contribution in [1.82, 2.24) is 15.3 Å². The van der Waals surface area contributed by atoms with Gasteiger partial charge in [0.1, 0.15) is 0 Å². The molecule has 0 radical (unpaired) electrons. The van der Waals surface area contributed by atoms with Crippen molar-refractivity contribution in [3.05, 3.63) is 81.6 Å². The lowest BCUT2D eigenvalue weighted by atomic mass is 10.1. The average molecular weight is 351 g/mol. The Balaban J connectivity index is 1.45. The normalized spacial score (nSPS) is 10.6. The molecule has 1 N–H and O–H groups in total. The second kappa shape index (κ2) is 8.53. The topological polar surface area (TPSA) is 54.9 Å². The third-order valence-corrected chi connectivity index (χ3v) is 4.89. The number of amides is 1. The summed E-state index contributed by atoms with van der Waals surface area (Å²) < 4.78 is 0. The number of carbonyl (C=O) groups is 1. The molecule has 1 amide bonds. The molecule has 0 saturated heterocycles. The first-order valence-electron chi connectivity index (χ1n) is 8.33. The number of hydrogen-bond donors (Lipinski definition) is 1. The maximum atomic E-state index is 12.1. The zero-order valence-corrected chi connectivity index (χ0v) is 15.1. The summed E-state index contributed by atoms with van der Waals surface area (Å²) in [7, 11) is 0. The Morgan fingerprint density at radius 1 is 1.04 bits per heavy atom. The number of benzene rings is 1. The van der Waals surface area contributed by atoms with Gasteiger partial charge >= 0.3 is 0 Å². The molecule has 0 unspecified atom stereocenters. The van der Waals surface area contributed by atoms with Crippen molar-refractivity contribution in [3.8, 4) is 0 Å². The van der Waals surface area contributed by atoms with E-state index in [1.807, 2.05) is 29.6 Å². The van der Waals surface area contributed by atoms with Gasteiger partial charge in [0, 0.05) is 30.7 Å². The summed E-state index contributed by atoms with van der Waals surface area (Å²) in [4.78, 5) is 20.7. The molecular weight excluding hydrogens is 330 g/mol. The molecule has 5 heteroatoms. The van der Waals surface area contributed by atoms with E-state index in [1.54, 1.807) is 23.7 Å². The Kier molecular flexibility index (Phi) is 5.90. The molecule has 2 heterocycles. The van der Waals surface area contributed by atoms with Crippen molar-refractivity contribution in [1.29, 1.82) is 0 Å². The van der Waals surface area contributed by atoms with Crippen LogP contribution in [-0.2, 0) is 30.6 Å². The number of hydrogen-bond acceptors (Lipinski definition) is 4. The van der Waals surface area contributed by atoms with Gasteiger partial charge in [0.15, 0.2) is 0 Å². The van der Waals surface area contributed by atoms with Crippen molar-refractivity contribution < 1.29 is 4.79 Å². The Bertz CT molecular complexity index is 812. The highest BCUT2D eigenvalue weighted by Gasteiger charge is 2.08. The maximum absolute atomic E-state index is 12.1. The number of nitrogens with one attached hydrogen (secondary N) is 1. The summed E-state index contributed by atoms with van der Waals surface area (Å²) in [5, 5.41) is 6.00. The second-order valence-electron chi connectivity index (χ2n) is 6.03. The smallest absolute Gasteiger partial charge is 0.226 e. The first-order chi connectivity index (χ1) is 12.2. The molecule has 0 bridgehead atoms. The van der Waals surface area contributed by atoms with E-state index >= 15 is 0 Å². The number of aromatic nitrogens is 2.